The van der Waals surface area contributed by atoms with Crippen LogP contribution < -0.4 is 5.32 Å². The fourth-order valence-electron chi connectivity index (χ4n) is 0.655. The van der Waals surface area contributed by atoms with Crippen molar-refractivity contribution in [3.8, 4) is 0 Å². The SMILES string of the molecule is C=C(C)N/C(=C/C)C(=C)C. The lowest BCUT2D eigenvalue weighted by Gasteiger charge is -2.08. The molecule has 1 N–H and O–H groups in total. The molecule has 0 spiro atoms. The zero-order valence-corrected chi connectivity index (χ0v) is 6.99. The molecule has 0 radical (unpaired) electrons. The molecule has 0 bridgehead atoms. The monoisotopic (exact) mass is 137 g/mol. The Morgan fingerprint density at radius 3 is 1.90 bits per heavy atom. The Hall–Kier alpha value is -0.980. The van der Waals surface area contributed by atoms with Crippen molar-refractivity contribution in [3.63, 3.8) is 0 Å². The van der Waals surface area contributed by atoms with Gasteiger partial charge in [-0.05, 0) is 26.3 Å². The van der Waals surface area contributed by atoms with Crippen molar-refractivity contribution in [2.75, 3.05) is 0 Å². The largest absolute Gasteiger partial charge is 0.360 e. The van der Waals surface area contributed by atoms with E-state index >= 15 is 0 Å². The lowest BCUT2D eigenvalue weighted by atomic mass is 10.2. The molecule has 56 valence electrons. The predicted octanol–water partition coefficient (Wildman–Crippen LogP) is 2.59. The quantitative estimate of drug-likeness (QED) is 0.589. The van der Waals surface area contributed by atoms with Crippen LogP contribution in [0.2, 0.25) is 0 Å². The third-order valence-electron chi connectivity index (χ3n) is 1.10. The van der Waals surface area contributed by atoms with Gasteiger partial charge in [-0.15, -0.1) is 0 Å². The van der Waals surface area contributed by atoms with Gasteiger partial charge in [0.15, 0.2) is 0 Å². The van der Waals surface area contributed by atoms with E-state index in [9.17, 15) is 0 Å². The van der Waals surface area contributed by atoms with Gasteiger partial charge in [-0.1, -0.05) is 19.2 Å². The van der Waals surface area contributed by atoms with Gasteiger partial charge in [0.25, 0.3) is 0 Å². The smallest absolute Gasteiger partial charge is 0.0361 e. The third kappa shape index (κ3) is 3.13. The first-order valence-corrected chi connectivity index (χ1v) is 3.32. The van der Waals surface area contributed by atoms with Gasteiger partial charge in [0.05, 0.1) is 0 Å². The molecule has 0 atom stereocenters. The second kappa shape index (κ2) is 3.94. The summed E-state index contributed by atoms with van der Waals surface area (Å²) in [6.45, 7) is 13.4. The van der Waals surface area contributed by atoms with Crippen LogP contribution in [-0.2, 0) is 0 Å². The zero-order chi connectivity index (χ0) is 8.15. The highest BCUT2D eigenvalue weighted by Gasteiger charge is 1.92. The molecule has 0 aromatic heterocycles. The van der Waals surface area contributed by atoms with E-state index in [4.69, 9.17) is 0 Å². The van der Waals surface area contributed by atoms with E-state index in [0.717, 1.165) is 17.0 Å². The van der Waals surface area contributed by atoms with Crippen molar-refractivity contribution >= 4 is 0 Å². The maximum Gasteiger partial charge on any atom is 0.0361 e. The normalized spacial score (nSPS) is 10.9. The highest BCUT2D eigenvalue weighted by atomic mass is 14.9. The zero-order valence-electron chi connectivity index (χ0n) is 6.99. The number of nitrogens with one attached hydrogen (secondary N) is 1. The standard InChI is InChI=1S/C9H15N/c1-6-9(7(2)3)10-8(4)5/h6,10H,2,4H2,1,3,5H3/b9-6+. The van der Waals surface area contributed by atoms with E-state index in [1.807, 2.05) is 26.8 Å². The van der Waals surface area contributed by atoms with Gasteiger partial charge in [-0.2, -0.15) is 0 Å². The summed E-state index contributed by atoms with van der Waals surface area (Å²) in [6, 6.07) is 0. The number of allylic oxidation sites excluding steroid dienone is 3. The second-order valence-electron chi connectivity index (χ2n) is 2.39. The fraction of sp³-hybridized carbons (Fsp3) is 0.333. The van der Waals surface area contributed by atoms with E-state index < -0.39 is 0 Å². The van der Waals surface area contributed by atoms with Crippen LogP contribution in [0.15, 0.2) is 36.2 Å². The number of hydrogen-bond donors (Lipinski definition) is 1. The Bertz CT molecular complexity index is 175. The molecule has 0 aliphatic carbocycles. The minimum Gasteiger partial charge on any atom is -0.360 e. The van der Waals surface area contributed by atoms with E-state index in [0.29, 0.717) is 0 Å². The lowest BCUT2D eigenvalue weighted by molar-refractivity contribution is 0.980. The molecule has 0 fully saturated rings. The summed E-state index contributed by atoms with van der Waals surface area (Å²) in [7, 11) is 0. The van der Waals surface area contributed by atoms with E-state index in [-0.39, 0.29) is 0 Å². The highest BCUT2D eigenvalue weighted by molar-refractivity contribution is 5.26. The van der Waals surface area contributed by atoms with Crippen LogP contribution in [0, 0.1) is 0 Å². The van der Waals surface area contributed by atoms with Crippen LogP contribution in [-0.4, -0.2) is 0 Å². The van der Waals surface area contributed by atoms with Gasteiger partial charge in [0.2, 0.25) is 0 Å². The van der Waals surface area contributed by atoms with Gasteiger partial charge in [-0.3, -0.25) is 0 Å². The molecule has 0 amide bonds. The van der Waals surface area contributed by atoms with Crippen molar-refractivity contribution < 1.29 is 0 Å². The summed E-state index contributed by atoms with van der Waals surface area (Å²) in [5.74, 6) is 0. The van der Waals surface area contributed by atoms with E-state index in [2.05, 4.69) is 18.5 Å². The van der Waals surface area contributed by atoms with Crippen molar-refractivity contribution in [3.05, 3.63) is 36.2 Å². The van der Waals surface area contributed by atoms with E-state index in [1.165, 1.54) is 0 Å². The molecule has 1 heteroatoms. The van der Waals surface area contributed by atoms with Crippen LogP contribution in [0.3, 0.4) is 0 Å². The van der Waals surface area contributed by atoms with Crippen LogP contribution >= 0.6 is 0 Å². The molecule has 0 aromatic rings. The van der Waals surface area contributed by atoms with Gasteiger partial charge in [-0.25, -0.2) is 0 Å². The molecule has 0 saturated heterocycles. The molecule has 0 rings (SSSR count). The lowest BCUT2D eigenvalue weighted by Crippen LogP contribution is -2.09. The van der Waals surface area contributed by atoms with Gasteiger partial charge in [0, 0.05) is 11.4 Å². The van der Waals surface area contributed by atoms with Gasteiger partial charge < -0.3 is 5.32 Å². The maximum absolute atomic E-state index is 3.81. The van der Waals surface area contributed by atoms with Crippen LogP contribution in [0.5, 0.6) is 0 Å². The summed E-state index contributed by atoms with van der Waals surface area (Å²) in [5.41, 5.74) is 3.02. The Morgan fingerprint density at radius 2 is 1.80 bits per heavy atom. The molecule has 0 aromatic carbocycles. The topological polar surface area (TPSA) is 12.0 Å². The summed E-state index contributed by atoms with van der Waals surface area (Å²) < 4.78 is 0. The molecular weight excluding hydrogens is 122 g/mol. The summed E-state index contributed by atoms with van der Waals surface area (Å²) in [6.07, 6.45) is 1.98. The third-order valence-corrected chi connectivity index (χ3v) is 1.10. The minimum atomic E-state index is 0.941. The molecule has 0 heterocycles. The van der Waals surface area contributed by atoms with Crippen LogP contribution in [0.25, 0.3) is 0 Å². The molecule has 0 aliphatic rings. The Kier molecular flexibility index (Phi) is 3.55. The molecule has 1 nitrogen and oxygen atoms in total. The average Bonchev–Trinajstić information content (AvgIpc) is 1.81. The molecule has 0 aliphatic heterocycles. The van der Waals surface area contributed by atoms with Crippen LogP contribution in [0.4, 0.5) is 0 Å². The Morgan fingerprint density at radius 1 is 1.30 bits per heavy atom. The second-order valence-corrected chi connectivity index (χ2v) is 2.39. The minimum absolute atomic E-state index is 0.941. The molecule has 10 heavy (non-hydrogen) atoms. The van der Waals surface area contributed by atoms with E-state index in [1.54, 1.807) is 0 Å². The van der Waals surface area contributed by atoms with Crippen molar-refractivity contribution in [2.45, 2.75) is 20.8 Å². The van der Waals surface area contributed by atoms with Gasteiger partial charge >= 0.3 is 0 Å². The van der Waals surface area contributed by atoms with Gasteiger partial charge in [0.1, 0.15) is 0 Å². The first-order chi connectivity index (χ1) is 4.57. The molecule has 0 saturated carbocycles. The summed E-state index contributed by atoms with van der Waals surface area (Å²) >= 11 is 0. The average molecular weight is 137 g/mol. The van der Waals surface area contributed by atoms with Crippen molar-refractivity contribution in [2.24, 2.45) is 0 Å². The first-order valence-electron chi connectivity index (χ1n) is 3.32. The number of rotatable bonds is 3. The summed E-state index contributed by atoms with van der Waals surface area (Å²) in [5, 5.41) is 3.10. The van der Waals surface area contributed by atoms with Crippen molar-refractivity contribution in [1.29, 1.82) is 0 Å². The van der Waals surface area contributed by atoms with Crippen molar-refractivity contribution in [1.82, 2.24) is 5.32 Å². The van der Waals surface area contributed by atoms with Crippen LogP contribution in [0.1, 0.15) is 20.8 Å². The first kappa shape index (κ1) is 9.02. The summed E-state index contributed by atoms with van der Waals surface area (Å²) in [4.78, 5) is 0. The Labute approximate surface area is 63.1 Å². The highest BCUT2D eigenvalue weighted by Crippen LogP contribution is 2.03. The number of hydrogen-bond acceptors (Lipinski definition) is 1. The predicted molar refractivity (Wildman–Crippen MR) is 46.5 cm³/mol. The molecular formula is C9H15N. The maximum atomic E-state index is 3.81. The Balaban J connectivity index is 4.12. The fourth-order valence-corrected chi connectivity index (χ4v) is 0.655. The molecule has 0 unspecified atom stereocenters.